The van der Waals surface area contributed by atoms with Gasteiger partial charge in [0.05, 0.1) is 11.3 Å². The van der Waals surface area contributed by atoms with Crippen LogP contribution in [0.1, 0.15) is 11.1 Å². The molecule has 10 heteroatoms. The fourth-order valence-corrected chi connectivity index (χ4v) is 2.74. The maximum absolute atomic E-state index is 13.4. The number of hydrogen-bond acceptors (Lipinski definition) is 5. The van der Waals surface area contributed by atoms with E-state index in [0.717, 1.165) is 6.07 Å². The standard InChI is InChI=1S/C16H17F3N4O3/c17-16(18,19)11-7-10(13-9-26-14(24)8-22-13)1-2-12(11)20-3-5-23-6-4-21-15(23)25/h1-2,7,20H,3-6,8-9H2,(H,21,25). The molecule has 0 aromatic heterocycles. The van der Waals surface area contributed by atoms with Crippen LogP contribution in [0.2, 0.25) is 0 Å². The zero-order valence-corrected chi connectivity index (χ0v) is 13.7. The predicted molar refractivity (Wildman–Crippen MR) is 87.3 cm³/mol. The molecular formula is C16H17F3N4O3. The molecule has 1 aromatic carbocycles. The molecule has 3 rings (SSSR count). The fourth-order valence-electron chi connectivity index (χ4n) is 2.74. The number of hydrogen-bond donors (Lipinski definition) is 2. The summed E-state index contributed by atoms with van der Waals surface area (Å²) < 4.78 is 45.0. The van der Waals surface area contributed by atoms with E-state index in [9.17, 15) is 22.8 Å². The Hall–Kier alpha value is -2.78. The predicted octanol–water partition coefficient (Wildman–Crippen LogP) is 1.49. The molecule has 0 bridgehead atoms. The van der Waals surface area contributed by atoms with Gasteiger partial charge in [-0.3, -0.25) is 9.79 Å². The maximum Gasteiger partial charge on any atom is 0.418 e. The summed E-state index contributed by atoms with van der Waals surface area (Å²) in [5.41, 5.74) is -0.348. The topological polar surface area (TPSA) is 83.0 Å². The second kappa shape index (κ2) is 7.22. The molecule has 2 aliphatic heterocycles. The molecule has 2 heterocycles. The van der Waals surface area contributed by atoms with Crippen molar-refractivity contribution in [2.45, 2.75) is 6.18 Å². The van der Waals surface area contributed by atoms with Crippen LogP contribution in [0.5, 0.6) is 0 Å². The Balaban J connectivity index is 1.74. The number of ether oxygens (including phenoxy) is 1. The van der Waals surface area contributed by atoms with Crippen molar-refractivity contribution < 1.29 is 27.5 Å². The van der Waals surface area contributed by atoms with Crippen molar-refractivity contribution >= 4 is 23.4 Å². The van der Waals surface area contributed by atoms with Gasteiger partial charge in [0.2, 0.25) is 0 Å². The van der Waals surface area contributed by atoms with E-state index in [0.29, 0.717) is 25.3 Å². The molecule has 1 aromatic rings. The van der Waals surface area contributed by atoms with Crippen molar-refractivity contribution in [1.29, 1.82) is 0 Å². The minimum absolute atomic E-state index is 0.0748. The molecule has 26 heavy (non-hydrogen) atoms. The Morgan fingerprint density at radius 2 is 2.12 bits per heavy atom. The van der Waals surface area contributed by atoms with Gasteiger partial charge in [0.25, 0.3) is 0 Å². The summed E-state index contributed by atoms with van der Waals surface area (Å²) in [6.45, 7) is 1.21. The Labute approximate surface area is 147 Å². The van der Waals surface area contributed by atoms with Gasteiger partial charge < -0.3 is 20.3 Å². The smallest absolute Gasteiger partial charge is 0.418 e. The van der Waals surface area contributed by atoms with Crippen LogP contribution >= 0.6 is 0 Å². The molecule has 0 spiro atoms. The number of esters is 1. The second-order valence-corrected chi connectivity index (χ2v) is 5.83. The quantitative estimate of drug-likeness (QED) is 0.770. The second-order valence-electron chi connectivity index (χ2n) is 5.83. The minimum atomic E-state index is -4.56. The zero-order chi connectivity index (χ0) is 18.7. The molecule has 0 unspecified atom stereocenters. The first-order valence-corrected chi connectivity index (χ1v) is 8.02. The largest absolute Gasteiger partial charge is 0.458 e. The number of cyclic esters (lactones) is 1. The lowest BCUT2D eigenvalue weighted by molar-refractivity contribution is -0.141. The average molecular weight is 370 g/mol. The van der Waals surface area contributed by atoms with Crippen molar-refractivity contribution in [2.24, 2.45) is 4.99 Å². The third-order valence-corrected chi connectivity index (χ3v) is 4.07. The molecule has 2 N–H and O–H groups in total. The molecular weight excluding hydrogens is 353 g/mol. The number of alkyl halides is 3. The van der Waals surface area contributed by atoms with Gasteiger partial charge in [-0.2, -0.15) is 13.2 Å². The molecule has 1 saturated heterocycles. The maximum atomic E-state index is 13.4. The number of anilines is 1. The lowest BCUT2D eigenvalue weighted by Gasteiger charge is -2.19. The molecule has 2 aliphatic rings. The van der Waals surface area contributed by atoms with Crippen LogP contribution in [0.4, 0.5) is 23.7 Å². The van der Waals surface area contributed by atoms with E-state index >= 15 is 0 Å². The van der Waals surface area contributed by atoms with Gasteiger partial charge in [-0.25, -0.2) is 4.79 Å². The van der Waals surface area contributed by atoms with E-state index in [1.54, 1.807) is 0 Å². The van der Waals surface area contributed by atoms with Crippen LogP contribution in [0.3, 0.4) is 0 Å². The van der Waals surface area contributed by atoms with E-state index in [1.165, 1.54) is 17.0 Å². The Morgan fingerprint density at radius 1 is 1.31 bits per heavy atom. The number of nitrogens with one attached hydrogen (secondary N) is 2. The number of nitrogens with zero attached hydrogens (tertiary/aromatic N) is 2. The van der Waals surface area contributed by atoms with Gasteiger partial charge in [-0.1, -0.05) is 6.07 Å². The summed E-state index contributed by atoms with van der Waals surface area (Å²) in [6, 6.07) is 3.59. The van der Waals surface area contributed by atoms with Gasteiger partial charge in [-0.05, 0) is 17.7 Å². The lowest BCUT2D eigenvalue weighted by Crippen LogP contribution is -2.32. The molecule has 1 fully saturated rings. The van der Waals surface area contributed by atoms with Crippen LogP contribution < -0.4 is 10.6 Å². The number of benzene rings is 1. The third kappa shape index (κ3) is 4.06. The van der Waals surface area contributed by atoms with Crippen molar-refractivity contribution in [2.75, 3.05) is 44.6 Å². The summed E-state index contributed by atoms with van der Waals surface area (Å²) in [4.78, 5) is 27.9. The molecule has 0 atom stereocenters. The number of urea groups is 1. The summed E-state index contributed by atoms with van der Waals surface area (Å²) in [5, 5.41) is 5.37. The highest BCUT2D eigenvalue weighted by Gasteiger charge is 2.34. The van der Waals surface area contributed by atoms with E-state index < -0.39 is 17.7 Å². The number of halogens is 3. The first kappa shape index (κ1) is 18.0. The van der Waals surface area contributed by atoms with Gasteiger partial charge >= 0.3 is 18.2 Å². The van der Waals surface area contributed by atoms with Gasteiger partial charge in [0.15, 0.2) is 0 Å². The first-order chi connectivity index (χ1) is 12.3. The SMILES string of the molecule is O=C1CN=C(c2ccc(NCCN3CCNC3=O)c(C(F)(F)F)c2)CO1. The molecule has 0 radical (unpaired) electrons. The van der Waals surface area contributed by atoms with Crippen LogP contribution in [-0.4, -0.2) is 61.9 Å². The van der Waals surface area contributed by atoms with Crippen LogP contribution in [-0.2, 0) is 15.7 Å². The highest BCUT2D eigenvalue weighted by molar-refractivity contribution is 6.04. The first-order valence-electron chi connectivity index (χ1n) is 8.02. The van der Waals surface area contributed by atoms with Crippen molar-refractivity contribution in [3.63, 3.8) is 0 Å². The van der Waals surface area contributed by atoms with Gasteiger partial charge in [0, 0.05) is 31.9 Å². The highest BCUT2D eigenvalue weighted by atomic mass is 19.4. The summed E-state index contributed by atoms with van der Waals surface area (Å²) in [7, 11) is 0. The number of carbonyl (C=O) groups excluding carboxylic acids is 2. The number of rotatable bonds is 5. The fraction of sp³-hybridized carbons (Fsp3) is 0.438. The Bertz CT molecular complexity index is 749. The molecule has 0 aliphatic carbocycles. The molecule has 140 valence electrons. The van der Waals surface area contributed by atoms with Crippen LogP contribution in [0.25, 0.3) is 0 Å². The van der Waals surface area contributed by atoms with E-state index in [4.69, 9.17) is 4.74 Å². The Kier molecular flexibility index (Phi) is 5.01. The highest BCUT2D eigenvalue weighted by Crippen LogP contribution is 2.35. The lowest BCUT2D eigenvalue weighted by atomic mass is 10.0. The summed E-state index contributed by atoms with van der Waals surface area (Å²) >= 11 is 0. The zero-order valence-electron chi connectivity index (χ0n) is 13.7. The van der Waals surface area contributed by atoms with Crippen molar-refractivity contribution in [3.8, 4) is 0 Å². The van der Waals surface area contributed by atoms with E-state index in [2.05, 4.69) is 15.6 Å². The molecule has 2 amide bonds. The third-order valence-electron chi connectivity index (χ3n) is 4.07. The van der Waals surface area contributed by atoms with Gasteiger partial charge in [0.1, 0.15) is 13.2 Å². The summed E-state index contributed by atoms with van der Waals surface area (Å²) in [6.07, 6.45) is -4.56. The minimum Gasteiger partial charge on any atom is -0.458 e. The summed E-state index contributed by atoms with van der Waals surface area (Å²) in [5.74, 6) is -0.506. The van der Waals surface area contributed by atoms with Crippen LogP contribution in [0.15, 0.2) is 23.2 Å². The number of carbonyl (C=O) groups is 2. The van der Waals surface area contributed by atoms with E-state index in [1.807, 2.05) is 0 Å². The number of aliphatic imine (C=N–C) groups is 1. The monoisotopic (exact) mass is 370 g/mol. The molecule has 7 nitrogen and oxygen atoms in total. The molecule has 0 saturated carbocycles. The Morgan fingerprint density at radius 3 is 2.73 bits per heavy atom. The van der Waals surface area contributed by atoms with Crippen molar-refractivity contribution in [1.82, 2.24) is 10.2 Å². The normalized spacial score (nSPS) is 17.7. The van der Waals surface area contributed by atoms with E-state index in [-0.39, 0.29) is 37.0 Å². The van der Waals surface area contributed by atoms with Crippen LogP contribution in [0, 0.1) is 0 Å². The van der Waals surface area contributed by atoms with Crippen molar-refractivity contribution in [3.05, 3.63) is 29.3 Å². The average Bonchev–Trinajstić information content (AvgIpc) is 3.00. The van der Waals surface area contributed by atoms with Gasteiger partial charge in [-0.15, -0.1) is 0 Å². The number of amides is 2.